The van der Waals surface area contributed by atoms with Crippen LogP contribution in [-0.4, -0.2) is 24.2 Å². The average molecular weight is 417 g/mol. The number of carbonyl (C=O) groups is 3. The maximum absolute atomic E-state index is 13.2. The topological polar surface area (TPSA) is 63.7 Å². The molecule has 7 rings (SSSR count). The molecule has 3 fully saturated rings. The third-order valence-electron chi connectivity index (χ3n) is 7.27. The Morgan fingerprint density at radius 3 is 2.26 bits per heavy atom. The summed E-state index contributed by atoms with van der Waals surface area (Å²) in [4.78, 5) is 40.1. The van der Waals surface area contributed by atoms with Crippen molar-refractivity contribution in [3.05, 3.63) is 72.1 Å². The van der Waals surface area contributed by atoms with Crippen LogP contribution in [0.4, 0.5) is 10.1 Å². The summed E-state index contributed by atoms with van der Waals surface area (Å²) in [5.41, 5.74) is 0.831. The fourth-order valence-corrected chi connectivity index (χ4v) is 5.79. The molecule has 6 atom stereocenters. The van der Waals surface area contributed by atoms with E-state index in [9.17, 15) is 18.8 Å². The standard InChI is InChI=1S/C25H20FNO4/c26-14-6-4-13(5-7-14)21(28)12-31-16-3-1-2-15(10-16)27-24(29)22-17-8-9-18(20-11-19(17)20)23(22)25(27)30/h1-10,17-20,22-23H,11-12H2/t17-,18+,19-,20-,22+,23-/m1/s1. The van der Waals surface area contributed by atoms with Gasteiger partial charge >= 0.3 is 0 Å². The van der Waals surface area contributed by atoms with Gasteiger partial charge in [0.2, 0.25) is 11.8 Å². The van der Waals surface area contributed by atoms with E-state index in [4.69, 9.17) is 4.74 Å². The summed E-state index contributed by atoms with van der Waals surface area (Å²) in [7, 11) is 0. The molecule has 0 unspecified atom stereocenters. The first kappa shape index (κ1) is 18.5. The number of halogens is 1. The number of allylic oxidation sites excluding steroid dienone is 2. The van der Waals surface area contributed by atoms with Crippen molar-refractivity contribution in [1.29, 1.82) is 0 Å². The van der Waals surface area contributed by atoms with E-state index in [2.05, 4.69) is 12.2 Å². The number of Topliss-reactive ketones (excluding diaryl/α,β-unsaturated/α-hetero) is 1. The molecule has 31 heavy (non-hydrogen) atoms. The van der Waals surface area contributed by atoms with Crippen molar-refractivity contribution in [3.8, 4) is 5.75 Å². The van der Waals surface area contributed by atoms with Crippen molar-refractivity contribution >= 4 is 23.3 Å². The second kappa shape index (κ2) is 6.61. The second-order valence-electron chi connectivity index (χ2n) is 8.88. The van der Waals surface area contributed by atoms with E-state index in [0.29, 0.717) is 28.8 Å². The highest BCUT2D eigenvalue weighted by atomic mass is 19.1. The lowest BCUT2D eigenvalue weighted by Crippen LogP contribution is -2.40. The Hall–Kier alpha value is -3.28. The summed E-state index contributed by atoms with van der Waals surface area (Å²) in [5.74, 6) is 0.402. The average Bonchev–Trinajstić information content (AvgIpc) is 3.56. The van der Waals surface area contributed by atoms with Crippen molar-refractivity contribution in [2.24, 2.45) is 35.5 Å². The molecule has 0 spiro atoms. The van der Waals surface area contributed by atoms with Gasteiger partial charge in [-0.1, -0.05) is 18.2 Å². The molecule has 2 saturated carbocycles. The molecule has 2 bridgehead atoms. The molecule has 4 aliphatic carbocycles. The predicted molar refractivity (Wildman–Crippen MR) is 110 cm³/mol. The van der Waals surface area contributed by atoms with E-state index in [1.54, 1.807) is 24.3 Å². The minimum Gasteiger partial charge on any atom is -0.485 e. The highest BCUT2D eigenvalue weighted by molar-refractivity contribution is 6.22. The van der Waals surface area contributed by atoms with E-state index < -0.39 is 5.82 Å². The van der Waals surface area contributed by atoms with Gasteiger partial charge in [-0.2, -0.15) is 0 Å². The van der Waals surface area contributed by atoms with E-state index in [-0.39, 0.29) is 47.9 Å². The number of imide groups is 1. The van der Waals surface area contributed by atoms with Crippen LogP contribution in [0.1, 0.15) is 16.8 Å². The fourth-order valence-electron chi connectivity index (χ4n) is 5.79. The van der Waals surface area contributed by atoms with Crippen LogP contribution in [-0.2, 0) is 9.59 Å². The quantitative estimate of drug-likeness (QED) is 0.423. The lowest BCUT2D eigenvalue weighted by atomic mass is 9.63. The first-order valence-corrected chi connectivity index (χ1v) is 10.6. The molecule has 5 nitrogen and oxygen atoms in total. The highest BCUT2D eigenvalue weighted by Crippen LogP contribution is 2.65. The minimum atomic E-state index is -0.411. The van der Waals surface area contributed by atoms with Gasteiger partial charge in [0.15, 0.2) is 12.4 Å². The zero-order valence-electron chi connectivity index (χ0n) is 16.6. The number of carbonyl (C=O) groups excluding carboxylic acids is 3. The first-order chi connectivity index (χ1) is 15.0. The van der Waals surface area contributed by atoms with Crippen LogP contribution in [0.3, 0.4) is 0 Å². The number of hydrogen-bond acceptors (Lipinski definition) is 4. The van der Waals surface area contributed by atoms with E-state index in [1.807, 2.05) is 0 Å². The van der Waals surface area contributed by atoms with Gasteiger partial charge in [0.05, 0.1) is 17.5 Å². The van der Waals surface area contributed by atoms with Crippen LogP contribution in [0.5, 0.6) is 5.75 Å². The van der Waals surface area contributed by atoms with Crippen molar-refractivity contribution in [1.82, 2.24) is 0 Å². The van der Waals surface area contributed by atoms with Crippen molar-refractivity contribution < 1.29 is 23.5 Å². The maximum Gasteiger partial charge on any atom is 0.238 e. The number of rotatable bonds is 5. The molecular weight excluding hydrogens is 397 g/mol. The van der Waals surface area contributed by atoms with Gasteiger partial charge in [0, 0.05) is 11.6 Å². The molecule has 2 amide bonds. The Morgan fingerprint density at radius 2 is 1.61 bits per heavy atom. The van der Waals surface area contributed by atoms with Gasteiger partial charge in [-0.3, -0.25) is 14.4 Å². The molecule has 0 aromatic heterocycles. The molecule has 0 N–H and O–H groups in total. The van der Waals surface area contributed by atoms with Crippen LogP contribution in [0.2, 0.25) is 0 Å². The third-order valence-corrected chi connectivity index (χ3v) is 7.27. The van der Waals surface area contributed by atoms with E-state index in [1.165, 1.54) is 29.2 Å². The molecule has 2 aromatic rings. The maximum atomic E-state index is 13.2. The molecule has 5 aliphatic rings. The van der Waals surface area contributed by atoms with E-state index >= 15 is 0 Å². The fraction of sp³-hybridized carbons (Fsp3) is 0.320. The van der Waals surface area contributed by atoms with Crippen molar-refractivity contribution in [2.75, 3.05) is 11.5 Å². The highest BCUT2D eigenvalue weighted by Gasteiger charge is 2.67. The first-order valence-electron chi connectivity index (χ1n) is 10.6. The number of ether oxygens (including phenoxy) is 1. The van der Waals surface area contributed by atoms with Crippen LogP contribution in [0, 0.1) is 41.3 Å². The Kier molecular flexibility index (Phi) is 3.94. The molecule has 1 aliphatic heterocycles. The second-order valence-corrected chi connectivity index (χ2v) is 8.88. The molecule has 1 heterocycles. The summed E-state index contributed by atoms with van der Waals surface area (Å²) in [6, 6.07) is 12.0. The summed E-state index contributed by atoms with van der Waals surface area (Å²) >= 11 is 0. The Balaban J connectivity index is 1.20. The minimum absolute atomic E-state index is 0.126. The zero-order chi connectivity index (χ0) is 21.3. The van der Waals surface area contributed by atoms with Crippen LogP contribution in [0.15, 0.2) is 60.7 Å². The van der Waals surface area contributed by atoms with Crippen LogP contribution >= 0.6 is 0 Å². The van der Waals surface area contributed by atoms with Crippen LogP contribution in [0.25, 0.3) is 0 Å². The number of nitrogens with zero attached hydrogens (tertiary/aromatic N) is 1. The monoisotopic (exact) mass is 417 g/mol. The largest absolute Gasteiger partial charge is 0.485 e. The molecule has 0 radical (unpaired) electrons. The van der Waals surface area contributed by atoms with Gasteiger partial charge in [0.25, 0.3) is 0 Å². The van der Waals surface area contributed by atoms with Gasteiger partial charge < -0.3 is 4.74 Å². The lowest BCUT2D eigenvalue weighted by Gasteiger charge is -2.37. The Bertz CT molecular complexity index is 1100. The molecule has 6 heteroatoms. The zero-order valence-corrected chi connectivity index (χ0v) is 16.6. The van der Waals surface area contributed by atoms with Crippen LogP contribution < -0.4 is 9.64 Å². The van der Waals surface area contributed by atoms with Gasteiger partial charge in [-0.05, 0) is 66.5 Å². The lowest BCUT2D eigenvalue weighted by molar-refractivity contribution is -0.124. The third kappa shape index (κ3) is 2.77. The number of amides is 2. The predicted octanol–water partition coefficient (Wildman–Crippen LogP) is 3.64. The number of ketones is 1. The summed E-state index contributed by atoms with van der Waals surface area (Å²) in [6.07, 6.45) is 5.42. The number of hydrogen-bond donors (Lipinski definition) is 0. The summed E-state index contributed by atoms with van der Waals surface area (Å²) in [5, 5.41) is 0. The number of anilines is 1. The number of benzene rings is 2. The molecule has 1 saturated heterocycles. The molecule has 2 aromatic carbocycles. The molecule has 156 valence electrons. The normalized spacial score (nSPS) is 32.1. The van der Waals surface area contributed by atoms with Gasteiger partial charge in [-0.15, -0.1) is 0 Å². The van der Waals surface area contributed by atoms with Gasteiger partial charge in [-0.25, -0.2) is 9.29 Å². The molecular formula is C25H20FNO4. The summed E-state index contributed by atoms with van der Waals surface area (Å²) in [6.45, 7) is -0.223. The smallest absolute Gasteiger partial charge is 0.238 e. The SMILES string of the molecule is O=C(COc1cccc(N2C(=O)[C@@H]3[C@H]4C=C[C@H]([C@H]5C[C@H]45)[C@@H]3C2=O)c1)c1ccc(F)cc1. The summed E-state index contributed by atoms with van der Waals surface area (Å²) < 4.78 is 18.7. The van der Waals surface area contributed by atoms with Crippen molar-refractivity contribution in [2.45, 2.75) is 6.42 Å². The Morgan fingerprint density at radius 1 is 0.968 bits per heavy atom. The van der Waals surface area contributed by atoms with Gasteiger partial charge in [0.1, 0.15) is 11.6 Å². The van der Waals surface area contributed by atoms with Crippen molar-refractivity contribution in [3.63, 3.8) is 0 Å². The Labute approximate surface area is 178 Å². The van der Waals surface area contributed by atoms with E-state index in [0.717, 1.165) is 6.42 Å².